The van der Waals surface area contributed by atoms with Crippen LogP contribution in [0.3, 0.4) is 0 Å². The molecule has 1 fully saturated rings. The van der Waals surface area contributed by atoms with E-state index in [0.29, 0.717) is 18.2 Å². The van der Waals surface area contributed by atoms with Crippen LogP contribution in [0.5, 0.6) is 0 Å². The van der Waals surface area contributed by atoms with Crippen LogP contribution in [0, 0.1) is 5.92 Å². The quantitative estimate of drug-likeness (QED) is 0.695. The van der Waals surface area contributed by atoms with Gasteiger partial charge in [0, 0.05) is 26.2 Å². The van der Waals surface area contributed by atoms with Crippen LogP contribution >= 0.6 is 0 Å². The second kappa shape index (κ2) is 8.98. The van der Waals surface area contributed by atoms with Crippen molar-refractivity contribution in [2.75, 3.05) is 26.2 Å². The number of likely N-dealkylation sites (tertiary alicyclic amines) is 1. The van der Waals surface area contributed by atoms with Crippen molar-refractivity contribution >= 4 is 5.91 Å². The first-order chi connectivity index (χ1) is 11.0. The monoisotopic (exact) mass is 323 g/mol. The number of nitrogens with zero attached hydrogens (tertiary/aromatic N) is 4. The van der Waals surface area contributed by atoms with Crippen molar-refractivity contribution < 1.29 is 9.90 Å². The van der Waals surface area contributed by atoms with Crippen LogP contribution in [0.1, 0.15) is 50.0 Å². The number of aliphatic hydroxyl groups excluding tert-OH is 1. The van der Waals surface area contributed by atoms with Gasteiger partial charge >= 0.3 is 0 Å². The number of hydrogen-bond acceptors (Lipinski definition) is 5. The molecule has 0 atom stereocenters. The number of carbonyl (C=O) groups is 1. The zero-order chi connectivity index (χ0) is 16.7. The Morgan fingerprint density at radius 3 is 2.83 bits per heavy atom. The first-order valence-corrected chi connectivity index (χ1v) is 8.63. The molecular formula is C16H29N5O2. The minimum Gasteiger partial charge on any atom is -0.393 e. The van der Waals surface area contributed by atoms with Gasteiger partial charge in [-0.25, -0.2) is 0 Å². The van der Waals surface area contributed by atoms with Gasteiger partial charge in [0.15, 0.2) is 5.69 Å². The second-order valence-corrected chi connectivity index (χ2v) is 6.73. The molecule has 0 radical (unpaired) electrons. The van der Waals surface area contributed by atoms with Gasteiger partial charge < -0.3 is 15.3 Å². The molecule has 0 unspecified atom stereocenters. The van der Waals surface area contributed by atoms with E-state index >= 15 is 0 Å². The Morgan fingerprint density at radius 2 is 2.13 bits per heavy atom. The van der Waals surface area contributed by atoms with Crippen molar-refractivity contribution in [2.24, 2.45) is 5.92 Å². The van der Waals surface area contributed by atoms with Crippen LogP contribution < -0.4 is 5.32 Å². The highest BCUT2D eigenvalue weighted by atomic mass is 16.3. The molecule has 130 valence electrons. The molecule has 0 aromatic carbocycles. The van der Waals surface area contributed by atoms with Crippen LogP contribution in [0.2, 0.25) is 0 Å². The van der Waals surface area contributed by atoms with Gasteiger partial charge in [-0.2, -0.15) is 0 Å². The third kappa shape index (κ3) is 6.27. The molecule has 7 heteroatoms. The molecule has 0 saturated carbocycles. The molecule has 1 aromatic heterocycles. The van der Waals surface area contributed by atoms with E-state index in [1.54, 1.807) is 10.9 Å². The summed E-state index contributed by atoms with van der Waals surface area (Å²) in [5, 5.41) is 20.3. The summed E-state index contributed by atoms with van der Waals surface area (Å²) in [6, 6.07) is 0. The van der Waals surface area contributed by atoms with Gasteiger partial charge in [-0.1, -0.05) is 19.1 Å². The molecule has 1 aliphatic heterocycles. The molecule has 1 aliphatic rings. The lowest BCUT2D eigenvalue weighted by Gasteiger charge is -2.29. The van der Waals surface area contributed by atoms with Crippen LogP contribution in [0.25, 0.3) is 0 Å². The maximum Gasteiger partial charge on any atom is 0.273 e. The van der Waals surface area contributed by atoms with E-state index in [-0.39, 0.29) is 12.0 Å². The SMILES string of the molecule is CC(C)CCn1cc(C(=O)NCCCN2CCC(O)CC2)nn1. The molecule has 2 N–H and O–H groups in total. The van der Waals surface area contributed by atoms with Crippen LogP contribution in [0.4, 0.5) is 0 Å². The number of carbonyl (C=O) groups excluding carboxylic acids is 1. The summed E-state index contributed by atoms with van der Waals surface area (Å²) in [6.07, 6.45) is 5.21. The first-order valence-electron chi connectivity index (χ1n) is 8.63. The number of aliphatic hydroxyl groups is 1. The number of piperidine rings is 1. The Labute approximate surface area is 138 Å². The molecule has 2 rings (SSSR count). The van der Waals surface area contributed by atoms with Gasteiger partial charge in [0.2, 0.25) is 0 Å². The third-order valence-electron chi connectivity index (χ3n) is 4.20. The number of nitrogens with one attached hydrogen (secondary N) is 1. The summed E-state index contributed by atoms with van der Waals surface area (Å²) in [5.74, 6) is 0.447. The lowest BCUT2D eigenvalue weighted by molar-refractivity contribution is 0.0816. The highest BCUT2D eigenvalue weighted by molar-refractivity contribution is 5.91. The van der Waals surface area contributed by atoms with Crippen molar-refractivity contribution in [1.82, 2.24) is 25.2 Å². The smallest absolute Gasteiger partial charge is 0.273 e. The van der Waals surface area contributed by atoms with Crippen molar-refractivity contribution in [3.05, 3.63) is 11.9 Å². The standard InChI is InChI=1S/C16H29N5O2/c1-13(2)4-11-21-12-15(18-19-21)16(23)17-7-3-8-20-9-5-14(22)6-10-20/h12-14,22H,3-11H2,1-2H3,(H,17,23). The van der Waals surface area contributed by atoms with E-state index in [0.717, 1.165) is 51.9 Å². The molecule has 0 bridgehead atoms. The van der Waals surface area contributed by atoms with Gasteiger partial charge in [0.25, 0.3) is 5.91 Å². The second-order valence-electron chi connectivity index (χ2n) is 6.73. The molecule has 0 aliphatic carbocycles. The molecule has 0 spiro atoms. The number of aromatic nitrogens is 3. The number of amides is 1. The molecule has 23 heavy (non-hydrogen) atoms. The Kier molecular flexibility index (Phi) is 6.98. The van der Waals surface area contributed by atoms with Crippen molar-refractivity contribution in [2.45, 2.75) is 52.2 Å². The first kappa shape index (κ1) is 17.9. The van der Waals surface area contributed by atoms with E-state index in [2.05, 4.69) is 34.4 Å². The summed E-state index contributed by atoms with van der Waals surface area (Å²) in [5.41, 5.74) is 0.384. The van der Waals surface area contributed by atoms with E-state index in [4.69, 9.17) is 0 Å². The zero-order valence-corrected chi connectivity index (χ0v) is 14.2. The predicted octanol–water partition coefficient (Wildman–Crippen LogP) is 0.901. The Hall–Kier alpha value is -1.47. The number of hydrogen-bond donors (Lipinski definition) is 2. The third-order valence-corrected chi connectivity index (χ3v) is 4.20. The van der Waals surface area contributed by atoms with E-state index in [9.17, 15) is 9.90 Å². The van der Waals surface area contributed by atoms with Crippen LogP contribution in [-0.2, 0) is 6.54 Å². The van der Waals surface area contributed by atoms with E-state index in [1.165, 1.54) is 0 Å². The van der Waals surface area contributed by atoms with E-state index < -0.39 is 0 Å². The van der Waals surface area contributed by atoms with E-state index in [1.807, 2.05) is 0 Å². The number of rotatable bonds is 8. The fourth-order valence-electron chi connectivity index (χ4n) is 2.64. The molecule has 1 amide bonds. The molecule has 1 aromatic rings. The summed E-state index contributed by atoms with van der Waals surface area (Å²) in [6.45, 7) is 8.59. The van der Waals surface area contributed by atoms with Gasteiger partial charge in [-0.3, -0.25) is 9.48 Å². The average molecular weight is 323 g/mol. The maximum absolute atomic E-state index is 12.0. The predicted molar refractivity (Wildman–Crippen MR) is 88.1 cm³/mol. The molecule has 1 saturated heterocycles. The lowest BCUT2D eigenvalue weighted by Crippen LogP contribution is -2.37. The summed E-state index contributed by atoms with van der Waals surface area (Å²) in [4.78, 5) is 14.4. The minimum atomic E-state index is -0.158. The van der Waals surface area contributed by atoms with Gasteiger partial charge in [0.05, 0.1) is 12.3 Å². The van der Waals surface area contributed by atoms with Crippen molar-refractivity contribution in [3.63, 3.8) is 0 Å². The minimum absolute atomic E-state index is 0.135. The van der Waals surface area contributed by atoms with Crippen molar-refractivity contribution in [3.8, 4) is 0 Å². The van der Waals surface area contributed by atoms with Gasteiger partial charge in [-0.15, -0.1) is 5.10 Å². The van der Waals surface area contributed by atoms with Crippen LogP contribution in [0.15, 0.2) is 6.20 Å². The van der Waals surface area contributed by atoms with Crippen LogP contribution in [-0.4, -0.2) is 63.2 Å². The maximum atomic E-state index is 12.0. The Bertz CT molecular complexity index is 481. The fourth-order valence-corrected chi connectivity index (χ4v) is 2.64. The lowest BCUT2D eigenvalue weighted by atomic mass is 10.1. The van der Waals surface area contributed by atoms with Gasteiger partial charge in [-0.05, 0) is 38.1 Å². The Morgan fingerprint density at radius 1 is 1.39 bits per heavy atom. The molecule has 2 heterocycles. The summed E-state index contributed by atoms with van der Waals surface area (Å²) >= 11 is 0. The molecular weight excluding hydrogens is 294 g/mol. The molecule has 7 nitrogen and oxygen atoms in total. The highest BCUT2D eigenvalue weighted by Crippen LogP contribution is 2.09. The normalized spacial score (nSPS) is 16.9. The van der Waals surface area contributed by atoms with Gasteiger partial charge in [0.1, 0.15) is 0 Å². The topological polar surface area (TPSA) is 83.3 Å². The average Bonchev–Trinajstić information content (AvgIpc) is 3.00. The largest absolute Gasteiger partial charge is 0.393 e. The Balaban J connectivity index is 1.63. The fraction of sp³-hybridized carbons (Fsp3) is 0.812. The van der Waals surface area contributed by atoms with Crippen molar-refractivity contribution in [1.29, 1.82) is 0 Å². The summed E-state index contributed by atoms with van der Waals surface area (Å²) < 4.78 is 1.73. The zero-order valence-electron chi connectivity index (χ0n) is 14.2. The number of aryl methyl sites for hydroxylation is 1. The highest BCUT2D eigenvalue weighted by Gasteiger charge is 2.16. The summed E-state index contributed by atoms with van der Waals surface area (Å²) in [7, 11) is 0.